The number of hydrogen-bond acceptors (Lipinski definition) is 8. The van der Waals surface area contributed by atoms with Crippen molar-refractivity contribution in [3.05, 3.63) is 0 Å². The molecule has 2 N–H and O–H groups in total. The van der Waals surface area contributed by atoms with Gasteiger partial charge in [-0.2, -0.15) is 0 Å². The molecule has 0 bridgehead atoms. The molecule has 2 saturated heterocycles. The minimum atomic E-state index is -1.26. The lowest BCUT2D eigenvalue weighted by molar-refractivity contribution is -0.247. The number of amides is 1. The van der Waals surface area contributed by atoms with Crippen molar-refractivity contribution in [2.24, 2.45) is 50.7 Å². The molecule has 1 amide bonds. The highest BCUT2D eigenvalue weighted by Gasteiger charge is 2.84. The van der Waals surface area contributed by atoms with Gasteiger partial charge in [0.05, 0.1) is 43.2 Å². The van der Waals surface area contributed by atoms with Gasteiger partial charge in [-0.1, -0.05) is 34.6 Å². The smallest absolute Gasteiger partial charge is 0.303 e. The van der Waals surface area contributed by atoms with Crippen LogP contribution in [0.15, 0.2) is 0 Å². The maximum Gasteiger partial charge on any atom is 0.303 e. The van der Waals surface area contributed by atoms with E-state index in [4.69, 9.17) is 18.9 Å². The molecule has 9 heteroatoms. The van der Waals surface area contributed by atoms with Gasteiger partial charge in [0, 0.05) is 25.8 Å². The molecular weight excluding hydrogens is 598 g/mol. The Morgan fingerprint density at radius 2 is 1.68 bits per heavy atom. The third kappa shape index (κ3) is 4.64. The third-order valence-electron chi connectivity index (χ3n) is 15.9. The minimum absolute atomic E-state index is 0.0216. The first-order valence-electron chi connectivity index (χ1n) is 18.6. The van der Waals surface area contributed by atoms with Crippen LogP contribution in [0.2, 0.25) is 0 Å². The lowest BCUT2D eigenvalue weighted by Crippen LogP contribution is -2.60. The Labute approximate surface area is 281 Å². The van der Waals surface area contributed by atoms with Crippen molar-refractivity contribution in [2.45, 2.75) is 156 Å². The van der Waals surface area contributed by atoms with Crippen LogP contribution in [0.3, 0.4) is 0 Å². The molecule has 2 heterocycles. The van der Waals surface area contributed by atoms with Gasteiger partial charge < -0.3 is 34.1 Å². The average Bonchev–Trinajstić information content (AvgIpc) is 3.61. The zero-order chi connectivity index (χ0) is 34.1. The first kappa shape index (κ1) is 34.2. The summed E-state index contributed by atoms with van der Waals surface area (Å²) in [5.41, 5.74) is -1.16. The Kier molecular flexibility index (Phi) is 7.91. The van der Waals surface area contributed by atoms with Crippen molar-refractivity contribution >= 4 is 11.9 Å². The van der Waals surface area contributed by atoms with Crippen LogP contribution in [-0.4, -0.2) is 89.1 Å². The van der Waals surface area contributed by atoms with Crippen molar-refractivity contribution in [3.63, 3.8) is 0 Å². The molecule has 5 aliphatic carbocycles. The Hall–Kier alpha value is -1.26. The second kappa shape index (κ2) is 10.9. The zero-order valence-corrected chi connectivity index (χ0v) is 30.3. The number of hydrogen-bond donors (Lipinski definition) is 2. The predicted molar refractivity (Wildman–Crippen MR) is 175 cm³/mol. The zero-order valence-electron chi connectivity index (χ0n) is 30.3. The van der Waals surface area contributed by atoms with Gasteiger partial charge >= 0.3 is 5.97 Å². The van der Waals surface area contributed by atoms with E-state index >= 15 is 0 Å². The topological polar surface area (TPSA) is 115 Å². The number of nitrogens with zero attached hydrogens (tertiary/aromatic N) is 1. The summed E-state index contributed by atoms with van der Waals surface area (Å²) >= 11 is 0. The van der Waals surface area contributed by atoms with Crippen LogP contribution in [0, 0.1) is 50.7 Å². The molecule has 7 rings (SSSR count). The van der Waals surface area contributed by atoms with Crippen molar-refractivity contribution in [3.8, 4) is 0 Å². The van der Waals surface area contributed by atoms with Crippen LogP contribution in [0.4, 0.5) is 0 Å². The summed E-state index contributed by atoms with van der Waals surface area (Å²) in [4.78, 5) is 26.0. The monoisotopic (exact) mass is 659 g/mol. The van der Waals surface area contributed by atoms with E-state index in [1.807, 2.05) is 4.90 Å². The lowest BCUT2D eigenvalue weighted by atomic mass is 9.41. The van der Waals surface area contributed by atoms with Crippen LogP contribution in [0.5, 0.6) is 0 Å². The fraction of sp³-hybridized carbons (Fsp3) is 0.947. The molecule has 0 aromatic rings. The minimum Gasteiger partial charge on any atom is -0.457 e. The van der Waals surface area contributed by atoms with Gasteiger partial charge in [-0.15, -0.1) is 0 Å². The number of fused-ring (bicyclic) bond motifs is 4. The predicted octanol–water partition coefficient (Wildman–Crippen LogP) is 5.09. The summed E-state index contributed by atoms with van der Waals surface area (Å²) in [5, 5.41) is 23.6. The fourth-order valence-electron chi connectivity index (χ4n) is 13.8. The molecule has 7 fully saturated rings. The van der Waals surface area contributed by atoms with Gasteiger partial charge in [-0.25, -0.2) is 0 Å². The van der Waals surface area contributed by atoms with Crippen molar-refractivity contribution in [1.82, 2.24) is 4.90 Å². The van der Waals surface area contributed by atoms with E-state index in [1.54, 1.807) is 20.8 Å². The Balaban J connectivity index is 1.13. The Morgan fingerprint density at radius 1 is 1.00 bits per heavy atom. The summed E-state index contributed by atoms with van der Waals surface area (Å²) in [6.07, 6.45) is 6.05. The van der Waals surface area contributed by atoms with E-state index in [0.717, 1.165) is 32.1 Å². The van der Waals surface area contributed by atoms with E-state index in [-0.39, 0.29) is 63.3 Å². The van der Waals surface area contributed by atoms with Crippen LogP contribution >= 0.6 is 0 Å². The normalized spacial score (nSPS) is 50.6. The molecule has 0 aromatic heterocycles. The first-order chi connectivity index (χ1) is 21.8. The summed E-state index contributed by atoms with van der Waals surface area (Å²) in [7, 11) is 0. The lowest BCUT2D eigenvalue weighted by Gasteiger charge is -2.64. The van der Waals surface area contributed by atoms with Gasteiger partial charge in [0.15, 0.2) is 12.4 Å². The highest BCUT2D eigenvalue weighted by Crippen LogP contribution is 2.89. The van der Waals surface area contributed by atoms with Crippen molar-refractivity contribution in [1.29, 1.82) is 0 Å². The molecule has 2 spiro atoms. The van der Waals surface area contributed by atoms with E-state index in [1.165, 1.54) is 19.8 Å². The number of carbonyl (C=O) groups is 2. The third-order valence-corrected chi connectivity index (χ3v) is 15.9. The molecular formula is C38H61NO8. The van der Waals surface area contributed by atoms with Crippen LogP contribution in [0.1, 0.15) is 114 Å². The maximum absolute atomic E-state index is 12.5. The summed E-state index contributed by atoms with van der Waals surface area (Å²) in [6, 6.07) is 0. The molecule has 2 aliphatic heterocycles. The highest BCUT2D eigenvalue weighted by atomic mass is 16.7. The van der Waals surface area contributed by atoms with Gasteiger partial charge in [0.1, 0.15) is 0 Å². The summed E-state index contributed by atoms with van der Waals surface area (Å²) in [6.45, 7) is 19.9. The van der Waals surface area contributed by atoms with Gasteiger partial charge in [0.2, 0.25) is 5.91 Å². The number of esters is 1. The Bertz CT molecular complexity index is 1280. The van der Waals surface area contributed by atoms with Crippen molar-refractivity contribution < 1.29 is 38.7 Å². The van der Waals surface area contributed by atoms with Crippen LogP contribution in [0.25, 0.3) is 0 Å². The molecule has 5 saturated carbocycles. The Morgan fingerprint density at radius 3 is 2.34 bits per heavy atom. The number of aliphatic hydroxyl groups is 2. The quantitative estimate of drug-likeness (QED) is 0.393. The van der Waals surface area contributed by atoms with Crippen LogP contribution < -0.4 is 0 Å². The molecule has 9 nitrogen and oxygen atoms in total. The van der Waals surface area contributed by atoms with Gasteiger partial charge in [0.25, 0.3) is 0 Å². The molecule has 47 heavy (non-hydrogen) atoms. The SMILES string of the molecule is CC(=O)O[C@@H](C1C[C@@H](C)[C@H]2C(O1)[C@H](O)[C@@]1(C)C3CC[C@H]4C(C)(C)C(O[C@H]5CN(C(C)=O)CCO5)CC[C@@]45C[C@@]35CC[C@]21C)C(C)(C)O. The molecule has 0 aromatic carbocycles. The second-order valence-electron chi connectivity index (χ2n) is 18.6. The maximum atomic E-state index is 12.5. The summed E-state index contributed by atoms with van der Waals surface area (Å²) in [5.74, 6) is 1.06. The molecule has 7 aliphatic rings. The largest absolute Gasteiger partial charge is 0.457 e. The van der Waals surface area contributed by atoms with Crippen molar-refractivity contribution in [2.75, 3.05) is 19.7 Å². The summed E-state index contributed by atoms with van der Waals surface area (Å²) < 4.78 is 25.3. The van der Waals surface area contributed by atoms with Crippen LogP contribution in [-0.2, 0) is 28.5 Å². The number of carbonyl (C=O) groups excluding carboxylic acids is 2. The number of rotatable bonds is 5. The first-order valence-corrected chi connectivity index (χ1v) is 18.6. The molecule has 4 unspecified atom stereocenters. The van der Waals surface area contributed by atoms with E-state index < -0.39 is 29.9 Å². The van der Waals surface area contributed by atoms with E-state index in [9.17, 15) is 19.8 Å². The van der Waals surface area contributed by atoms with E-state index in [0.29, 0.717) is 38.0 Å². The molecule has 14 atom stereocenters. The number of ether oxygens (including phenoxy) is 4. The second-order valence-corrected chi connectivity index (χ2v) is 18.6. The molecule has 266 valence electrons. The van der Waals surface area contributed by atoms with Gasteiger partial charge in [-0.3, -0.25) is 9.59 Å². The molecule has 0 radical (unpaired) electrons. The number of aliphatic hydroxyl groups excluding tert-OH is 1. The standard InChI is InChI=1S/C38H61NO8/c1-21-18-24(32(34(6,7)43)45-23(3)41)46-30-29(21)35(8)14-15-38-20-37(38)13-12-27(47-28-19-39(22(2)40)16-17-44-28)33(4,5)25(37)10-11-26(38)36(35,9)31(30)42/h21,24-32,42-43H,10-20H2,1-9H3/t21-,24?,25+,26?,27?,28+,29+,30?,31+,32+,35-,36-,37-,38+/m1/s1. The van der Waals surface area contributed by atoms with E-state index in [2.05, 4.69) is 34.6 Å². The highest BCUT2D eigenvalue weighted by molar-refractivity contribution is 5.73. The number of morpholine rings is 1. The fourth-order valence-corrected chi connectivity index (χ4v) is 13.8. The van der Waals surface area contributed by atoms with Gasteiger partial charge in [-0.05, 0) is 111 Å². The average molecular weight is 660 g/mol.